The summed E-state index contributed by atoms with van der Waals surface area (Å²) in [7, 11) is 0. The van der Waals surface area contributed by atoms with Gasteiger partial charge in [0.15, 0.2) is 11.5 Å². The fourth-order valence-electron chi connectivity index (χ4n) is 3.34. The molecule has 2 amide bonds. The van der Waals surface area contributed by atoms with Crippen LogP contribution in [-0.4, -0.2) is 44.5 Å². The zero-order valence-electron chi connectivity index (χ0n) is 16.9. The Morgan fingerprint density at radius 1 is 1.27 bits per heavy atom. The number of carbonyl (C=O) groups excluding carboxylic acids is 2. The number of aromatic nitrogens is 3. The number of nitrogens with one attached hydrogen (secondary N) is 1. The van der Waals surface area contributed by atoms with E-state index in [1.165, 1.54) is 0 Å². The maximum atomic E-state index is 12.7. The second kappa shape index (κ2) is 8.40. The molecule has 9 heteroatoms. The van der Waals surface area contributed by atoms with Gasteiger partial charge in [-0.2, -0.15) is 0 Å². The molecule has 0 radical (unpaired) electrons. The largest absolute Gasteiger partial charge is 0.489 e. The molecule has 0 saturated carbocycles. The Morgan fingerprint density at radius 2 is 2.07 bits per heavy atom. The number of ether oxygens (including phenoxy) is 1. The Balaban J connectivity index is 1.41. The number of benzene rings is 1. The van der Waals surface area contributed by atoms with Crippen LogP contribution in [0.4, 0.5) is 0 Å². The van der Waals surface area contributed by atoms with Crippen LogP contribution in [0.15, 0.2) is 41.1 Å². The van der Waals surface area contributed by atoms with E-state index in [1.807, 2.05) is 41.8 Å². The predicted molar refractivity (Wildman–Crippen MR) is 107 cm³/mol. The number of rotatable bonds is 7. The molecule has 1 aliphatic heterocycles. The van der Waals surface area contributed by atoms with Crippen LogP contribution in [0.1, 0.15) is 45.0 Å². The SMILES string of the molecule is CCN1CCn2cc(CNC(=O)c3noc(C)c3COc3ccccc3)nc2C1=O. The number of carbonyl (C=O) groups is 2. The minimum Gasteiger partial charge on any atom is -0.489 e. The van der Waals surface area contributed by atoms with Crippen LogP contribution < -0.4 is 10.1 Å². The fraction of sp³-hybridized carbons (Fsp3) is 0.333. The molecule has 30 heavy (non-hydrogen) atoms. The van der Waals surface area contributed by atoms with Crippen LogP contribution in [0.25, 0.3) is 0 Å². The van der Waals surface area contributed by atoms with Gasteiger partial charge in [-0.25, -0.2) is 4.98 Å². The number of hydrogen-bond acceptors (Lipinski definition) is 6. The molecule has 0 spiro atoms. The number of amides is 2. The summed E-state index contributed by atoms with van der Waals surface area (Å²) in [6, 6.07) is 9.32. The quantitative estimate of drug-likeness (QED) is 0.642. The highest BCUT2D eigenvalue weighted by Gasteiger charge is 2.26. The number of aryl methyl sites for hydroxylation is 1. The van der Waals surface area contributed by atoms with Crippen LogP contribution >= 0.6 is 0 Å². The van der Waals surface area contributed by atoms with Gasteiger partial charge < -0.3 is 24.0 Å². The first kappa shape index (κ1) is 19.7. The highest BCUT2D eigenvalue weighted by atomic mass is 16.5. The number of fused-ring (bicyclic) bond motifs is 1. The number of hydrogen-bond donors (Lipinski definition) is 1. The maximum absolute atomic E-state index is 12.7. The molecule has 3 aromatic rings. The Labute approximate surface area is 173 Å². The average molecular weight is 409 g/mol. The van der Waals surface area contributed by atoms with E-state index in [4.69, 9.17) is 9.26 Å². The fourth-order valence-corrected chi connectivity index (χ4v) is 3.34. The molecule has 1 aliphatic rings. The van der Waals surface area contributed by atoms with Gasteiger partial charge in [-0.05, 0) is 26.0 Å². The van der Waals surface area contributed by atoms with E-state index in [2.05, 4.69) is 15.5 Å². The number of imidazole rings is 1. The topological polar surface area (TPSA) is 102 Å². The first-order valence-electron chi connectivity index (χ1n) is 9.83. The molecule has 3 heterocycles. The van der Waals surface area contributed by atoms with Gasteiger partial charge in [0.25, 0.3) is 11.8 Å². The monoisotopic (exact) mass is 409 g/mol. The molecule has 0 bridgehead atoms. The summed E-state index contributed by atoms with van der Waals surface area (Å²) in [5, 5.41) is 6.68. The second-order valence-corrected chi connectivity index (χ2v) is 6.98. The predicted octanol–water partition coefficient (Wildman–Crippen LogP) is 2.16. The zero-order chi connectivity index (χ0) is 21.1. The van der Waals surface area contributed by atoms with E-state index in [0.29, 0.717) is 48.2 Å². The van der Waals surface area contributed by atoms with Crippen molar-refractivity contribution in [3.8, 4) is 5.75 Å². The third-order valence-corrected chi connectivity index (χ3v) is 5.05. The van der Waals surface area contributed by atoms with Crippen molar-refractivity contribution in [3.63, 3.8) is 0 Å². The minimum atomic E-state index is -0.383. The van der Waals surface area contributed by atoms with Crippen molar-refractivity contribution in [3.05, 3.63) is 65.1 Å². The molecule has 0 fully saturated rings. The summed E-state index contributed by atoms with van der Waals surface area (Å²) in [4.78, 5) is 31.2. The van der Waals surface area contributed by atoms with Gasteiger partial charge in [0.2, 0.25) is 0 Å². The van der Waals surface area contributed by atoms with E-state index >= 15 is 0 Å². The summed E-state index contributed by atoms with van der Waals surface area (Å²) < 4.78 is 12.8. The Hall–Kier alpha value is -3.62. The molecule has 0 unspecified atom stereocenters. The van der Waals surface area contributed by atoms with Crippen molar-refractivity contribution in [1.82, 2.24) is 24.9 Å². The first-order valence-corrected chi connectivity index (χ1v) is 9.83. The Kier molecular flexibility index (Phi) is 5.51. The number of para-hydroxylation sites is 1. The normalized spacial score (nSPS) is 13.3. The van der Waals surface area contributed by atoms with Crippen LogP contribution in [0, 0.1) is 6.92 Å². The summed E-state index contributed by atoms with van der Waals surface area (Å²) in [5.74, 6) is 1.15. The van der Waals surface area contributed by atoms with Crippen molar-refractivity contribution in [2.75, 3.05) is 13.1 Å². The smallest absolute Gasteiger partial charge is 0.289 e. The van der Waals surface area contributed by atoms with Crippen LogP contribution in [0.3, 0.4) is 0 Å². The van der Waals surface area contributed by atoms with Crippen LogP contribution in [0.5, 0.6) is 5.75 Å². The highest BCUT2D eigenvalue weighted by Crippen LogP contribution is 2.18. The van der Waals surface area contributed by atoms with Gasteiger partial charge in [0, 0.05) is 25.8 Å². The van der Waals surface area contributed by atoms with E-state index in [0.717, 1.165) is 0 Å². The summed E-state index contributed by atoms with van der Waals surface area (Å²) in [5.41, 5.74) is 1.39. The lowest BCUT2D eigenvalue weighted by molar-refractivity contribution is 0.0707. The van der Waals surface area contributed by atoms with E-state index < -0.39 is 0 Å². The van der Waals surface area contributed by atoms with Crippen molar-refractivity contribution >= 4 is 11.8 Å². The molecule has 1 N–H and O–H groups in total. The Morgan fingerprint density at radius 3 is 2.83 bits per heavy atom. The maximum Gasteiger partial charge on any atom is 0.289 e. The van der Waals surface area contributed by atoms with Gasteiger partial charge in [-0.15, -0.1) is 0 Å². The minimum absolute atomic E-state index is 0.0891. The summed E-state index contributed by atoms with van der Waals surface area (Å²) in [6.45, 7) is 6.04. The molecule has 2 aromatic heterocycles. The van der Waals surface area contributed by atoms with Gasteiger partial charge in [-0.3, -0.25) is 9.59 Å². The van der Waals surface area contributed by atoms with Crippen molar-refractivity contribution < 1.29 is 18.8 Å². The summed E-state index contributed by atoms with van der Waals surface area (Å²) in [6.07, 6.45) is 1.80. The lowest BCUT2D eigenvalue weighted by atomic mass is 10.2. The third-order valence-electron chi connectivity index (χ3n) is 5.05. The van der Waals surface area contributed by atoms with E-state index in [-0.39, 0.29) is 30.7 Å². The molecule has 1 aromatic carbocycles. The van der Waals surface area contributed by atoms with E-state index in [9.17, 15) is 9.59 Å². The molecule has 4 rings (SSSR count). The van der Waals surface area contributed by atoms with Gasteiger partial charge in [0.05, 0.1) is 17.8 Å². The lowest BCUT2D eigenvalue weighted by Crippen LogP contribution is -2.40. The molecule has 0 aliphatic carbocycles. The van der Waals surface area contributed by atoms with Gasteiger partial charge in [-0.1, -0.05) is 23.4 Å². The van der Waals surface area contributed by atoms with Gasteiger partial charge in [0.1, 0.15) is 18.1 Å². The molecule has 9 nitrogen and oxygen atoms in total. The average Bonchev–Trinajstić information content (AvgIpc) is 3.35. The Bertz CT molecular complexity index is 1060. The molecular weight excluding hydrogens is 386 g/mol. The second-order valence-electron chi connectivity index (χ2n) is 6.98. The zero-order valence-corrected chi connectivity index (χ0v) is 16.9. The molecule has 0 atom stereocenters. The van der Waals surface area contributed by atoms with Crippen molar-refractivity contribution in [1.29, 1.82) is 0 Å². The van der Waals surface area contributed by atoms with Crippen molar-refractivity contribution in [2.24, 2.45) is 0 Å². The molecular formula is C21H23N5O4. The lowest BCUT2D eigenvalue weighted by Gasteiger charge is -2.25. The third kappa shape index (κ3) is 3.91. The van der Waals surface area contributed by atoms with Crippen LogP contribution in [0.2, 0.25) is 0 Å². The first-order chi connectivity index (χ1) is 14.6. The molecule has 156 valence electrons. The number of nitrogens with zero attached hydrogens (tertiary/aromatic N) is 4. The van der Waals surface area contributed by atoms with Gasteiger partial charge >= 0.3 is 0 Å². The number of likely N-dealkylation sites (N-methyl/N-ethyl adjacent to an activating group) is 1. The highest BCUT2D eigenvalue weighted by molar-refractivity contribution is 5.94. The standard InChI is InChI=1S/C21H23N5O4/c1-3-25-9-10-26-12-15(23-19(26)21(25)28)11-22-20(27)18-17(14(2)30-24-18)13-29-16-7-5-4-6-8-16/h4-8,12H,3,9-11,13H2,1-2H3,(H,22,27). The van der Waals surface area contributed by atoms with Crippen molar-refractivity contribution in [2.45, 2.75) is 33.5 Å². The van der Waals surface area contributed by atoms with E-state index in [1.54, 1.807) is 18.0 Å². The molecule has 0 saturated heterocycles. The summed E-state index contributed by atoms with van der Waals surface area (Å²) >= 11 is 0. The van der Waals surface area contributed by atoms with Crippen LogP contribution in [-0.2, 0) is 19.7 Å².